The Bertz CT molecular complexity index is 1580. The van der Waals surface area contributed by atoms with Gasteiger partial charge < -0.3 is 28.4 Å². The maximum absolute atomic E-state index is 13.4. The normalized spacial score (nSPS) is 17.1. The second-order valence-electron chi connectivity index (χ2n) is 9.71. The van der Waals surface area contributed by atoms with Crippen molar-refractivity contribution in [1.82, 2.24) is 0 Å². The van der Waals surface area contributed by atoms with Crippen molar-refractivity contribution in [2.24, 2.45) is 0 Å². The van der Waals surface area contributed by atoms with E-state index in [0.29, 0.717) is 42.1 Å². The summed E-state index contributed by atoms with van der Waals surface area (Å²) in [5, 5.41) is 0. The van der Waals surface area contributed by atoms with Crippen LogP contribution < -0.4 is 23.7 Å². The minimum Gasteiger partial charge on any atom is -0.493 e. The highest BCUT2D eigenvalue weighted by atomic mass is 32.2. The maximum Gasteiger partial charge on any atom is 0.213 e. The van der Waals surface area contributed by atoms with E-state index in [-0.39, 0.29) is 33.1 Å². The van der Waals surface area contributed by atoms with E-state index < -0.39 is 31.7 Å². The van der Waals surface area contributed by atoms with Gasteiger partial charge in [-0.1, -0.05) is 25.1 Å². The molecule has 0 bridgehead atoms. The van der Waals surface area contributed by atoms with Gasteiger partial charge in [-0.25, -0.2) is 16.8 Å². The first-order valence-corrected chi connectivity index (χ1v) is 16.7. The lowest BCUT2D eigenvalue weighted by molar-refractivity contribution is 0.0435. The third-order valence-electron chi connectivity index (χ3n) is 6.98. The van der Waals surface area contributed by atoms with Crippen LogP contribution in [0.2, 0.25) is 0 Å². The topological polar surface area (TPSA) is 124 Å². The molecule has 10 nitrogen and oxygen atoms in total. The molecule has 228 valence electrons. The van der Waals surface area contributed by atoms with Gasteiger partial charge in [0.05, 0.1) is 51.3 Å². The summed E-state index contributed by atoms with van der Waals surface area (Å²) in [5.74, 6) is 0.518. The van der Waals surface area contributed by atoms with E-state index in [4.69, 9.17) is 28.4 Å². The predicted octanol–water partition coefficient (Wildman–Crippen LogP) is 5.31. The summed E-state index contributed by atoms with van der Waals surface area (Å²) in [4.78, 5) is -0.0717. The molecule has 0 spiro atoms. The van der Waals surface area contributed by atoms with Gasteiger partial charge in [0.2, 0.25) is 15.6 Å². The van der Waals surface area contributed by atoms with Crippen LogP contribution in [0.3, 0.4) is 0 Å². The van der Waals surface area contributed by atoms with Crippen LogP contribution in [-0.4, -0.2) is 57.0 Å². The van der Waals surface area contributed by atoms with Crippen LogP contribution in [-0.2, 0) is 24.4 Å². The Labute approximate surface area is 247 Å². The van der Waals surface area contributed by atoms with Crippen LogP contribution in [0.1, 0.15) is 49.5 Å². The molecule has 0 aromatic heterocycles. The molecule has 0 aliphatic carbocycles. The molecule has 0 amide bonds. The Balaban J connectivity index is 1.69. The molecule has 12 heteroatoms. The van der Waals surface area contributed by atoms with Gasteiger partial charge in [-0.15, -0.1) is 0 Å². The molecule has 0 N–H and O–H groups in total. The van der Waals surface area contributed by atoms with Crippen molar-refractivity contribution in [2.45, 2.75) is 48.2 Å². The number of rotatable bonds is 13. The molecular formula is C30H36O10S2. The fourth-order valence-corrected chi connectivity index (χ4v) is 7.43. The van der Waals surface area contributed by atoms with E-state index in [9.17, 15) is 16.8 Å². The van der Waals surface area contributed by atoms with E-state index in [2.05, 4.69) is 0 Å². The summed E-state index contributed by atoms with van der Waals surface area (Å²) in [6.45, 7) is 1.75. The summed E-state index contributed by atoms with van der Waals surface area (Å²) in [7, 11) is -1.73. The number of benzene rings is 3. The zero-order chi connectivity index (χ0) is 30.5. The van der Waals surface area contributed by atoms with E-state index in [0.717, 1.165) is 5.56 Å². The molecule has 1 aliphatic heterocycles. The van der Waals surface area contributed by atoms with Crippen LogP contribution in [0.25, 0.3) is 0 Å². The van der Waals surface area contributed by atoms with E-state index in [1.165, 1.54) is 32.4 Å². The summed E-state index contributed by atoms with van der Waals surface area (Å²) in [6, 6.07) is 14.6. The largest absolute Gasteiger partial charge is 0.493 e. The second kappa shape index (κ2) is 13.2. The number of hydrogen-bond acceptors (Lipinski definition) is 10. The van der Waals surface area contributed by atoms with E-state index in [1.807, 2.05) is 12.1 Å². The van der Waals surface area contributed by atoms with Gasteiger partial charge >= 0.3 is 0 Å². The smallest absolute Gasteiger partial charge is 0.213 e. The molecule has 1 fully saturated rings. The molecule has 0 radical (unpaired) electrons. The van der Waals surface area contributed by atoms with Crippen molar-refractivity contribution in [3.8, 4) is 28.7 Å². The molecule has 0 saturated carbocycles. The Morgan fingerprint density at radius 3 is 1.74 bits per heavy atom. The van der Waals surface area contributed by atoms with Gasteiger partial charge in [0.25, 0.3) is 0 Å². The lowest BCUT2D eigenvalue weighted by Gasteiger charge is -2.21. The third kappa shape index (κ3) is 6.61. The highest BCUT2D eigenvalue weighted by Gasteiger charge is 2.33. The van der Waals surface area contributed by atoms with Crippen molar-refractivity contribution < 1.29 is 45.3 Å². The van der Waals surface area contributed by atoms with Gasteiger partial charge in [-0.05, 0) is 66.8 Å². The van der Waals surface area contributed by atoms with Gasteiger partial charge in [0, 0.05) is 0 Å². The number of hydrogen-bond donors (Lipinski definition) is 0. The van der Waals surface area contributed by atoms with E-state index in [1.54, 1.807) is 45.4 Å². The van der Waals surface area contributed by atoms with Crippen molar-refractivity contribution in [3.63, 3.8) is 0 Å². The summed E-state index contributed by atoms with van der Waals surface area (Å²) in [6.07, 6.45) is 0.828. The maximum atomic E-state index is 13.4. The highest BCUT2D eigenvalue weighted by Crippen LogP contribution is 2.48. The molecule has 3 aromatic rings. The fourth-order valence-electron chi connectivity index (χ4n) is 4.93. The van der Waals surface area contributed by atoms with Crippen LogP contribution in [0.4, 0.5) is 0 Å². The zero-order valence-electron chi connectivity index (χ0n) is 24.3. The first-order valence-electron chi connectivity index (χ1n) is 13.4. The van der Waals surface area contributed by atoms with Gasteiger partial charge in [-0.2, -0.15) is 0 Å². The first-order chi connectivity index (χ1) is 20.1. The average Bonchev–Trinajstić information content (AvgIpc) is 3.49. The Morgan fingerprint density at radius 2 is 1.24 bits per heavy atom. The molecular weight excluding hydrogens is 584 g/mol. The summed E-state index contributed by atoms with van der Waals surface area (Å²) >= 11 is 0. The standard InChI is InChI=1S/C30H36O10S2/c1-6-14-41(31,32)28-18-21(17-27(37-4)30(28)39-19-42(33,34)22-10-8-7-9-11-22)24-13-12-23(40-24)20-15-25(35-2)29(38-5)26(16-20)36-3/h7-11,15-18,23-24H,6,12-14,19H2,1-5H3/t23-,24-/m1/s1. The lowest BCUT2D eigenvalue weighted by Crippen LogP contribution is -2.16. The molecule has 1 heterocycles. The fraction of sp³-hybridized carbons (Fsp3) is 0.400. The first kappa shape index (κ1) is 31.5. The minimum absolute atomic E-state index is 0.0655. The van der Waals surface area contributed by atoms with Crippen LogP contribution >= 0.6 is 0 Å². The van der Waals surface area contributed by atoms with Crippen molar-refractivity contribution in [2.75, 3.05) is 40.1 Å². The van der Waals surface area contributed by atoms with Crippen molar-refractivity contribution in [3.05, 3.63) is 65.7 Å². The Hall–Kier alpha value is -3.48. The highest BCUT2D eigenvalue weighted by molar-refractivity contribution is 7.91. The Morgan fingerprint density at radius 1 is 0.714 bits per heavy atom. The molecule has 42 heavy (non-hydrogen) atoms. The predicted molar refractivity (Wildman–Crippen MR) is 156 cm³/mol. The zero-order valence-corrected chi connectivity index (χ0v) is 25.9. The SMILES string of the molecule is CCCS(=O)(=O)c1cc([C@H]2CC[C@H](c3cc(OC)c(OC)c(OC)c3)O2)cc(OC)c1OCS(=O)(=O)c1ccccc1. The van der Waals surface area contributed by atoms with Crippen molar-refractivity contribution in [1.29, 1.82) is 0 Å². The summed E-state index contributed by atoms with van der Waals surface area (Å²) < 4.78 is 86.7. The molecule has 3 aromatic carbocycles. The van der Waals surface area contributed by atoms with Gasteiger partial charge in [0.15, 0.2) is 38.8 Å². The number of sulfone groups is 2. The van der Waals surface area contributed by atoms with Gasteiger partial charge in [0.1, 0.15) is 4.90 Å². The molecule has 4 rings (SSSR count). The minimum atomic E-state index is -3.87. The molecule has 1 saturated heterocycles. The molecule has 0 unspecified atom stereocenters. The van der Waals surface area contributed by atoms with Crippen LogP contribution in [0.15, 0.2) is 64.4 Å². The molecule has 1 aliphatic rings. The average molecular weight is 621 g/mol. The van der Waals surface area contributed by atoms with E-state index >= 15 is 0 Å². The lowest BCUT2D eigenvalue weighted by atomic mass is 10.0. The second-order valence-corrected chi connectivity index (χ2v) is 13.7. The number of ether oxygens (including phenoxy) is 6. The summed E-state index contributed by atoms with van der Waals surface area (Å²) in [5.41, 5.74) is 1.40. The Kier molecular flexibility index (Phi) is 9.90. The monoisotopic (exact) mass is 620 g/mol. The van der Waals surface area contributed by atoms with Crippen LogP contribution in [0.5, 0.6) is 28.7 Å². The van der Waals surface area contributed by atoms with Crippen LogP contribution in [0, 0.1) is 0 Å². The number of methoxy groups -OCH3 is 4. The molecule has 2 atom stereocenters. The quantitative estimate of drug-likeness (QED) is 0.248. The van der Waals surface area contributed by atoms with Crippen molar-refractivity contribution >= 4 is 19.7 Å². The third-order valence-corrected chi connectivity index (χ3v) is 10.3. The van der Waals surface area contributed by atoms with Gasteiger partial charge in [-0.3, -0.25) is 0 Å².